The Kier molecular flexibility index (Phi) is 5.51. The number of carbonyl (C=O) groups is 1. The number of nitrogens with one attached hydrogen (secondary N) is 1. The molecular formula is C22H32N3OS+. The van der Waals surface area contributed by atoms with Gasteiger partial charge in [-0.1, -0.05) is 26.0 Å². The lowest BCUT2D eigenvalue weighted by atomic mass is 9.91. The number of fused-ring (bicyclic) bond motifs is 1. The molecule has 0 radical (unpaired) electrons. The number of para-hydroxylation sites is 1. The lowest BCUT2D eigenvalue weighted by Crippen LogP contribution is -3.17. The zero-order valence-corrected chi connectivity index (χ0v) is 17.6. The van der Waals surface area contributed by atoms with Crippen LogP contribution >= 0.6 is 11.3 Å². The number of amides is 1. The number of nitrogens with zero attached hydrogens (tertiary/aromatic N) is 2. The Bertz CT molecular complexity index is 753. The van der Waals surface area contributed by atoms with E-state index in [2.05, 4.69) is 49.9 Å². The van der Waals surface area contributed by atoms with Gasteiger partial charge in [0, 0.05) is 31.8 Å². The first-order valence-corrected chi connectivity index (χ1v) is 11.3. The van der Waals surface area contributed by atoms with E-state index >= 15 is 0 Å². The third-order valence-corrected chi connectivity index (χ3v) is 7.65. The maximum absolute atomic E-state index is 13.1. The summed E-state index contributed by atoms with van der Waals surface area (Å²) in [5.74, 6) is 2.18. The molecule has 2 aromatic rings. The number of likely N-dealkylation sites (tertiary alicyclic amines) is 2. The van der Waals surface area contributed by atoms with E-state index < -0.39 is 0 Å². The van der Waals surface area contributed by atoms with Crippen molar-refractivity contribution in [2.45, 2.75) is 52.0 Å². The van der Waals surface area contributed by atoms with Crippen LogP contribution in [0.2, 0.25) is 0 Å². The highest BCUT2D eigenvalue weighted by Crippen LogP contribution is 2.31. The van der Waals surface area contributed by atoms with Crippen molar-refractivity contribution in [1.82, 2.24) is 9.88 Å². The molecule has 0 spiro atoms. The van der Waals surface area contributed by atoms with Crippen molar-refractivity contribution in [3.05, 3.63) is 29.3 Å². The molecule has 146 valence electrons. The third kappa shape index (κ3) is 4.04. The van der Waals surface area contributed by atoms with Crippen LogP contribution < -0.4 is 4.90 Å². The standard InChI is InChI=1S/C22H31N3OS/c1-15-12-16(2)14-25(13-15)22(26)17(3)24-10-8-18(9-11-24)21-23-19-6-4-5-7-20(19)27-21/h4-7,15-18H,8-14H2,1-3H3/p+1/t15-,16+,17-/m1/s1. The van der Waals surface area contributed by atoms with Crippen molar-refractivity contribution in [3.63, 3.8) is 0 Å². The zero-order valence-electron chi connectivity index (χ0n) is 16.8. The Balaban J connectivity index is 1.36. The highest BCUT2D eigenvalue weighted by atomic mass is 32.1. The van der Waals surface area contributed by atoms with E-state index in [0.717, 1.165) is 44.5 Å². The monoisotopic (exact) mass is 386 g/mol. The van der Waals surface area contributed by atoms with Crippen molar-refractivity contribution < 1.29 is 9.69 Å². The second kappa shape index (κ2) is 7.88. The molecular weight excluding hydrogens is 354 g/mol. The van der Waals surface area contributed by atoms with Gasteiger partial charge < -0.3 is 9.80 Å². The number of quaternary nitrogens is 1. The van der Waals surface area contributed by atoms with Gasteiger partial charge in [0.15, 0.2) is 6.04 Å². The van der Waals surface area contributed by atoms with Gasteiger partial charge in [-0.2, -0.15) is 0 Å². The summed E-state index contributed by atoms with van der Waals surface area (Å²) in [7, 11) is 0. The molecule has 2 aliphatic heterocycles. The van der Waals surface area contributed by atoms with Gasteiger partial charge in [-0.05, 0) is 37.3 Å². The van der Waals surface area contributed by atoms with E-state index in [1.54, 1.807) is 0 Å². The van der Waals surface area contributed by atoms with Gasteiger partial charge in [-0.15, -0.1) is 11.3 Å². The lowest BCUT2D eigenvalue weighted by Gasteiger charge is -2.38. The predicted octanol–water partition coefficient (Wildman–Crippen LogP) is 2.95. The van der Waals surface area contributed by atoms with Crippen LogP contribution in [0.1, 0.15) is 51.0 Å². The number of rotatable bonds is 3. The summed E-state index contributed by atoms with van der Waals surface area (Å²) < 4.78 is 1.29. The van der Waals surface area contributed by atoms with E-state index in [-0.39, 0.29) is 6.04 Å². The van der Waals surface area contributed by atoms with Gasteiger partial charge in [0.2, 0.25) is 0 Å². The summed E-state index contributed by atoms with van der Waals surface area (Å²) >= 11 is 1.85. The largest absolute Gasteiger partial charge is 0.337 e. The topological polar surface area (TPSA) is 37.6 Å². The van der Waals surface area contributed by atoms with Gasteiger partial charge in [0.1, 0.15) is 0 Å². The normalized spacial score (nSPS) is 30.4. The van der Waals surface area contributed by atoms with Gasteiger partial charge in [0.25, 0.3) is 5.91 Å². The predicted molar refractivity (Wildman–Crippen MR) is 111 cm³/mol. The quantitative estimate of drug-likeness (QED) is 0.881. The average molecular weight is 387 g/mol. The highest BCUT2D eigenvalue weighted by molar-refractivity contribution is 7.18. The van der Waals surface area contributed by atoms with Gasteiger partial charge in [-0.3, -0.25) is 4.79 Å². The van der Waals surface area contributed by atoms with Crippen molar-refractivity contribution in [2.75, 3.05) is 26.2 Å². The first-order valence-electron chi connectivity index (χ1n) is 10.5. The Morgan fingerprint density at radius 2 is 1.85 bits per heavy atom. The summed E-state index contributed by atoms with van der Waals surface area (Å²) in [6.07, 6.45) is 3.53. The fourth-order valence-electron chi connectivity index (χ4n) is 5.02. The summed E-state index contributed by atoms with van der Waals surface area (Å²) in [6, 6.07) is 8.51. The molecule has 0 aliphatic carbocycles. The first kappa shape index (κ1) is 18.9. The van der Waals surface area contributed by atoms with Gasteiger partial charge >= 0.3 is 0 Å². The molecule has 4 rings (SSSR count). The summed E-state index contributed by atoms with van der Waals surface area (Å²) in [4.78, 5) is 21.5. The summed E-state index contributed by atoms with van der Waals surface area (Å²) in [5.41, 5.74) is 1.13. The molecule has 3 heterocycles. The Hall–Kier alpha value is -1.46. The minimum absolute atomic E-state index is 0.0822. The van der Waals surface area contributed by atoms with Crippen molar-refractivity contribution in [3.8, 4) is 0 Å². The second-order valence-corrected chi connectivity index (χ2v) is 9.93. The van der Waals surface area contributed by atoms with E-state index in [4.69, 9.17) is 4.98 Å². The molecule has 2 saturated heterocycles. The van der Waals surface area contributed by atoms with E-state index in [1.165, 1.54) is 21.0 Å². The number of piperidine rings is 2. The Labute approximate surface area is 166 Å². The fourth-order valence-corrected chi connectivity index (χ4v) is 6.16. The Morgan fingerprint density at radius 1 is 1.19 bits per heavy atom. The number of hydrogen-bond donors (Lipinski definition) is 1. The van der Waals surface area contributed by atoms with Gasteiger partial charge in [0.05, 0.1) is 28.3 Å². The third-order valence-electron chi connectivity index (χ3n) is 6.45. The molecule has 5 heteroatoms. The van der Waals surface area contributed by atoms with Crippen molar-refractivity contribution in [2.24, 2.45) is 11.8 Å². The molecule has 27 heavy (non-hydrogen) atoms. The van der Waals surface area contributed by atoms with Crippen LogP contribution in [0, 0.1) is 11.8 Å². The van der Waals surface area contributed by atoms with Crippen molar-refractivity contribution in [1.29, 1.82) is 0 Å². The molecule has 4 nitrogen and oxygen atoms in total. The molecule has 0 bridgehead atoms. The van der Waals surface area contributed by atoms with Crippen LogP contribution in [0.3, 0.4) is 0 Å². The van der Waals surface area contributed by atoms with Gasteiger partial charge in [-0.25, -0.2) is 4.98 Å². The Morgan fingerprint density at radius 3 is 2.52 bits per heavy atom. The number of hydrogen-bond acceptors (Lipinski definition) is 3. The highest BCUT2D eigenvalue weighted by Gasteiger charge is 2.36. The molecule has 2 fully saturated rings. The van der Waals surface area contributed by atoms with E-state index in [0.29, 0.717) is 23.7 Å². The van der Waals surface area contributed by atoms with Crippen LogP contribution in [0.5, 0.6) is 0 Å². The lowest BCUT2D eigenvalue weighted by molar-refractivity contribution is -0.919. The summed E-state index contributed by atoms with van der Waals surface area (Å²) in [5, 5.41) is 1.29. The minimum atomic E-state index is 0.0822. The number of aromatic nitrogens is 1. The first-order chi connectivity index (χ1) is 13.0. The maximum Gasteiger partial charge on any atom is 0.280 e. The fraction of sp³-hybridized carbons (Fsp3) is 0.636. The SMILES string of the molecule is C[C@@H]1C[C@H](C)CN(C(=O)[C@@H](C)[NH+]2CCC(c3nc4ccccc4s3)CC2)C1. The van der Waals surface area contributed by atoms with Crippen LogP contribution in [-0.4, -0.2) is 48.0 Å². The minimum Gasteiger partial charge on any atom is -0.337 e. The van der Waals surface area contributed by atoms with Crippen LogP contribution in [0.4, 0.5) is 0 Å². The number of carbonyl (C=O) groups excluding carboxylic acids is 1. The molecule has 1 amide bonds. The maximum atomic E-state index is 13.1. The number of benzene rings is 1. The molecule has 1 aromatic heterocycles. The molecule has 0 unspecified atom stereocenters. The van der Waals surface area contributed by atoms with E-state index in [1.807, 2.05) is 11.3 Å². The van der Waals surface area contributed by atoms with Crippen LogP contribution in [0.25, 0.3) is 10.2 Å². The average Bonchev–Trinajstić information content (AvgIpc) is 3.10. The smallest absolute Gasteiger partial charge is 0.280 e. The van der Waals surface area contributed by atoms with Crippen LogP contribution in [0.15, 0.2) is 24.3 Å². The molecule has 3 atom stereocenters. The molecule has 2 aliphatic rings. The zero-order chi connectivity index (χ0) is 19.0. The molecule has 1 N–H and O–H groups in total. The molecule has 0 saturated carbocycles. The number of thiazole rings is 1. The second-order valence-electron chi connectivity index (χ2n) is 8.86. The molecule has 1 aromatic carbocycles. The van der Waals surface area contributed by atoms with E-state index in [9.17, 15) is 4.79 Å². The summed E-state index contributed by atoms with van der Waals surface area (Å²) in [6.45, 7) is 10.7. The van der Waals surface area contributed by atoms with Crippen LogP contribution in [-0.2, 0) is 4.79 Å². The van der Waals surface area contributed by atoms with Crippen molar-refractivity contribution >= 4 is 27.5 Å².